The zero-order valence-corrected chi connectivity index (χ0v) is 19.9. The number of nitriles is 1. The summed E-state index contributed by atoms with van der Waals surface area (Å²) in [4.78, 5) is 39.4. The summed E-state index contributed by atoms with van der Waals surface area (Å²) in [7, 11) is 1.40. The molecular formula is C27H19ClN2O6. The first-order valence-corrected chi connectivity index (χ1v) is 11.1. The predicted molar refractivity (Wildman–Crippen MR) is 132 cm³/mol. The number of ether oxygens (including phenoxy) is 2. The first-order valence-electron chi connectivity index (χ1n) is 10.7. The normalized spacial score (nSPS) is 16.5. The van der Waals surface area contributed by atoms with Crippen molar-refractivity contribution in [3.63, 3.8) is 0 Å². The second-order valence-electron chi connectivity index (χ2n) is 7.84. The molecule has 4 rings (SSSR count). The van der Waals surface area contributed by atoms with Gasteiger partial charge in [-0.3, -0.25) is 19.3 Å². The van der Waals surface area contributed by atoms with Crippen LogP contribution in [0.15, 0.2) is 72.3 Å². The Morgan fingerprint density at radius 2 is 1.81 bits per heavy atom. The summed E-state index contributed by atoms with van der Waals surface area (Å²) in [5.74, 6) is -2.39. The number of rotatable bonds is 5. The highest BCUT2D eigenvalue weighted by molar-refractivity contribution is 6.51. The van der Waals surface area contributed by atoms with Gasteiger partial charge in [0.1, 0.15) is 17.3 Å². The molecule has 3 aromatic carbocycles. The minimum Gasteiger partial charge on any atom is -0.507 e. The molecule has 1 unspecified atom stereocenters. The lowest BCUT2D eigenvalue weighted by Gasteiger charge is -2.26. The molecular weight excluding hydrogens is 484 g/mol. The lowest BCUT2D eigenvalue weighted by molar-refractivity contribution is -0.132. The van der Waals surface area contributed by atoms with Gasteiger partial charge in [0, 0.05) is 17.6 Å². The molecule has 0 aliphatic carbocycles. The molecule has 180 valence electrons. The Balaban J connectivity index is 1.98. The van der Waals surface area contributed by atoms with Crippen molar-refractivity contribution in [2.24, 2.45) is 0 Å². The molecule has 1 heterocycles. The molecule has 0 spiro atoms. The van der Waals surface area contributed by atoms with Crippen molar-refractivity contribution in [3.8, 4) is 17.6 Å². The number of benzene rings is 3. The third-order valence-electron chi connectivity index (χ3n) is 5.57. The number of amides is 1. The molecule has 1 fully saturated rings. The van der Waals surface area contributed by atoms with E-state index in [1.165, 1.54) is 61.4 Å². The van der Waals surface area contributed by atoms with Crippen molar-refractivity contribution < 1.29 is 29.0 Å². The van der Waals surface area contributed by atoms with Gasteiger partial charge in [0.15, 0.2) is 0 Å². The maximum Gasteiger partial charge on any atom is 0.308 e. The van der Waals surface area contributed by atoms with E-state index in [1.54, 1.807) is 24.3 Å². The van der Waals surface area contributed by atoms with Crippen LogP contribution in [0.25, 0.3) is 5.76 Å². The van der Waals surface area contributed by atoms with Crippen molar-refractivity contribution in [1.82, 2.24) is 0 Å². The molecule has 1 N–H and O–H groups in total. The number of aliphatic hydroxyl groups excluding tert-OH is 1. The van der Waals surface area contributed by atoms with Crippen LogP contribution in [0, 0.1) is 11.3 Å². The van der Waals surface area contributed by atoms with E-state index in [0.29, 0.717) is 16.8 Å². The number of aliphatic hydroxyl groups is 1. The lowest BCUT2D eigenvalue weighted by atomic mass is 9.94. The van der Waals surface area contributed by atoms with Gasteiger partial charge in [-0.15, -0.1) is 0 Å². The zero-order valence-electron chi connectivity index (χ0n) is 19.2. The topological polar surface area (TPSA) is 117 Å². The molecule has 1 amide bonds. The largest absolute Gasteiger partial charge is 0.507 e. The Kier molecular flexibility index (Phi) is 6.77. The molecule has 1 aliphatic rings. The summed E-state index contributed by atoms with van der Waals surface area (Å²) in [5, 5.41) is 20.8. The van der Waals surface area contributed by atoms with Gasteiger partial charge in [-0.2, -0.15) is 5.26 Å². The quantitative estimate of drug-likeness (QED) is 0.175. The number of Topliss-reactive ketones (excluding diaryl/α,β-unsaturated/α-hetero) is 1. The van der Waals surface area contributed by atoms with Gasteiger partial charge < -0.3 is 14.6 Å². The Labute approximate surface area is 211 Å². The van der Waals surface area contributed by atoms with Gasteiger partial charge >= 0.3 is 5.97 Å². The van der Waals surface area contributed by atoms with E-state index in [1.807, 2.05) is 6.07 Å². The van der Waals surface area contributed by atoms with Crippen LogP contribution in [0.5, 0.6) is 11.5 Å². The van der Waals surface area contributed by atoms with E-state index in [0.717, 1.165) is 0 Å². The molecule has 1 saturated heterocycles. The van der Waals surface area contributed by atoms with Crippen LogP contribution in [-0.4, -0.2) is 29.9 Å². The van der Waals surface area contributed by atoms with Crippen molar-refractivity contribution in [2.75, 3.05) is 12.0 Å². The summed E-state index contributed by atoms with van der Waals surface area (Å²) in [6, 6.07) is 17.9. The van der Waals surface area contributed by atoms with E-state index >= 15 is 0 Å². The standard InChI is InChI=1S/C27H19ClN2O6/c1-15(31)36-20-5-3-4-17(12-20)24-23(25(32)21-13-18(28)8-11-22(21)35-2)26(33)27(34)30(24)19-9-6-16(14-29)7-10-19/h3-13,24,32H,1-2H3/b25-23+. The number of nitrogens with zero attached hydrogens (tertiary/aromatic N) is 2. The Morgan fingerprint density at radius 1 is 1.08 bits per heavy atom. The fourth-order valence-electron chi connectivity index (χ4n) is 4.04. The maximum atomic E-state index is 13.3. The summed E-state index contributed by atoms with van der Waals surface area (Å²) in [6.45, 7) is 1.25. The number of anilines is 1. The summed E-state index contributed by atoms with van der Waals surface area (Å²) >= 11 is 6.14. The maximum absolute atomic E-state index is 13.3. The zero-order chi connectivity index (χ0) is 26.0. The van der Waals surface area contributed by atoms with Crippen LogP contribution in [0.1, 0.15) is 29.7 Å². The van der Waals surface area contributed by atoms with Crippen LogP contribution in [0.4, 0.5) is 5.69 Å². The Hall–Kier alpha value is -4.61. The minimum atomic E-state index is -1.09. The number of carbonyl (C=O) groups excluding carboxylic acids is 3. The predicted octanol–water partition coefficient (Wildman–Crippen LogP) is 4.77. The molecule has 9 heteroatoms. The second kappa shape index (κ2) is 9.94. The molecule has 0 saturated carbocycles. The minimum absolute atomic E-state index is 0.129. The molecule has 36 heavy (non-hydrogen) atoms. The fraction of sp³-hybridized carbons (Fsp3) is 0.111. The van der Waals surface area contributed by atoms with Crippen LogP contribution in [0.3, 0.4) is 0 Å². The smallest absolute Gasteiger partial charge is 0.308 e. The average Bonchev–Trinajstić information content (AvgIpc) is 3.13. The van der Waals surface area contributed by atoms with Gasteiger partial charge in [-0.1, -0.05) is 23.7 Å². The number of carbonyl (C=O) groups is 3. The SMILES string of the molecule is COc1ccc(Cl)cc1/C(O)=C1\C(=O)C(=O)N(c2ccc(C#N)cc2)C1c1cccc(OC(C)=O)c1. The molecule has 0 aromatic heterocycles. The van der Waals surface area contributed by atoms with E-state index in [9.17, 15) is 19.5 Å². The average molecular weight is 503 g/mol. The molecule has 1 atom stereocenters. The fourth-order valence-corrected chi connectivity index (χ4v) is 4.21. The van der Waals surface area contributed by atoms with Crippen LogP contribution >= 0.6 is 11.6 Å². The van der Waals surface area contributed by atoms with Crippen LogP contribution in [0.2, 0.25) is 5.02 Å². The lowest BCUT2D eigenvalue weighted by Crippen LogP contribution is -2.29. The Morgan fingerprint density at radius 3 is 2.44 bits per heavy atom. The summed E-state index contributed by atoms with van der Waals surface area (Å²) < 4.78 is 10.5. The monoisotopic (exact) mass is 502 g/mol. The first-order chi connectivity index (χ1) is 17.2. The number of hydrogen-bond donors (Lipinski definition) is 1. The van der Waals surface area contributed by atoms with Crippen LogP contribution in [-0.2, 0) is 14.4 Å². The van der Waals surface area contributed by atoms with Gasteiger partial charge in [-0.25, -0.2) is 0 Å². The Bertz CT molecular complexity index is 1460. The van der Waals surface area contributed by atoms with E-state index in [2.05, 4.69) is 0 Å². The number of esters is 1. The van der Waals surface area contributed by atoms with Gasteiger partial charge in [-0.05, 0) is 60.2 Å². The highest BCUT2D eigenvalue weighted by Gasteiger charge is 2.47. The molecule has 3 aromatic rings. The van der Waals surface area contributed by atoms with Gasteiger partial charge in [0.25, 0.3) is 11.7 Å². The number of hydrogen-bond acceptors (Lipinski definition) is 7. The van der Waals surface area contributed by atoms with Gasteiger partial charge in [0.05, 0.1) is 35.9 Å². The summed E-state index contributed by atoms with van der Waals surface area (Å²) in [6.07, 6.45) is 0. The highest BCUT2D eigenvalue weighted by Crippen LogP contribution is 2.44. The van der Waals surface area contributed by atoms with E-state index < -0.39 is 29.5 Å². The number of ketones is 1. The molecule has 0 radical (unpaired) electrons. The third kappa shape index (κ3) is 4.52. The van der Waals surface area contributed by atoms with Gasteiger partial charge in [0.2, 0.25) is 0 Å². The second-order valence-corrected chi connectivity index (χ2v) is 8.27. The third-order valence-corrected chi connectivity index (χ3v) is 5.81. The van der Waals surface area contributed by atoms with Crippen LogP contribution < -0.4 is 14.4 Å². The van der Waals surface area contributed by atoms with Crippen molar-refractivity contribution >= 4 is 40.7 Å². The number of methoxy groups -OCH3 is 1. The van der Waals surface area contributed by atoms with Crippen molar-refractivity contribution in [3.05, 3.63) is 94.0 Å². The number of halogens is 1. The summed E-state index contributed by atoms with van der Waals surface area (Å²) in [5.41, 5.74) is 1.03. The van der Waals surface area contributed by atoms with E-state index in [4.69, 9.17) is 26.3 Å². The molecule has 8 nitrogen and oxygen atoms in total. The van der Waals surface area contributed by atoms with E-state index in [-0.39, 0.29) is 27.7 Å². The van der Waals surface area contributed by atoms with Crippen molar-refractivity contribution in [1.29, 1.82) is 5.26 Å². The first kappa shape index (κ1) is 24.5. The van der Waals surface area contributed by atoms with Crippen molar-refractivity contribution in [2.45, 2.75) is 13.0 Å². The highest BCUT2D eigenvalue weighted by atomic mass is 35.5. The molecule has 1 aliphatic heterocycles. The molecule has 0 bridgehead atoms.